The molecule has 0 saturated carbocycles. The highest BCUT2D eigenvalue weighted by molar-refractivity contribution is 9.10. The summed E-state index contributed by atoms with van der Waals surface area (Å²) in [6.45, 7) is 1.90. The second kappa shape index (κ2) is 7.84. The van der Waals surface area contributed by atoms with Crippen LogP contribution < -0.4 is 9.64 Å². The van der Waals surface area contributed by atoms with Crippen LogP contribution in [0.4, 0.5) is 5.69 Å². The topological polar surface area (TPSA) is 80.0 Å². The Hall–Kier alpha value is -3.32. The molecule has 1 aliphatic rings. The van der Waals surface area contributed by atoms with E-state index in [0.717, 1.165) is 5.56 Å². The number of rotatable bonds is 4. The molecule has 2 aromatic carbocycles. The molecule has 7 heteroatoms. The first-order valence-electron chi connectivity index (χ1n) is 9.17. The van der Waals surface area contributed by atoms with Gasteiger partial charge in [0.1, 0.15) is 23.3 Å². The van der Waals surface area contributed by atoms with Gasteiger partial charge in [0, 0.05) is 11.3 Å². The van der Waals surface area contributed by atoms with Gasteiger partial charge in [0.2, 0.25) is 0 Å². The molecule has 1 amide bonds. The van der Waals surface area contributed by atoms with Crippen molar-refractivity contribution in [1.29, 1.82) is 0 Å². The van der Waals surface area contributed by atoms with E-state index in [1.165, 1.54) is 18.3 Å². The van der Waals surface area contributed by atoms with E-state index in [9.17, 15) is 14.7 Å². The zero-order valence-corrected chi connectivity index (χ0v) is 17.8. The Morgan fingerprint density at radius 2 is 1.93 bits per heavy atom. The molecule has 2 heterocycles. The molecular weight excluding hydrogens is 450 g/mol. The number of carbonyl (C=O) groups excluding carboxylic acids is 2. The van der Waals surface area contributed by atoms with E-state index >= 15 is 0 Å². The number of methoxy groups -OCH3 is 1. The van der Waals surface area contributed by atoms with Gasteiger partial charge in [0.05, 0.1) is 23.4 Å². The first-order valence-corrected chi connectivity index (χ1v) is 9.96. The monoisotopic (exact) mass is 467 g/mol. The van der Waals surface area contributed by atoms with Crippen molar-refractivity contribution in [3.05, 3.63) is 87.8 Å². The normalized spacial score (nSPS) is 18.1. The molecule has 0 bridgehead atoms. The van der Waals surface area contributed by atoms with Gasteiger partial charge in [-0.05, 0) is 70.9 Å². The number of Topliss-reactive ketones (excluding diaryl/α,β-unsaturated/α-hetero) is 1. The van der Waals surface area contributed by atoms with Crippen molar-refractivity contribution in [2.45, 2.75) is 13.0 Å². The van der Waals surface area contributed by atoms with Crippen molar-refractivity contribution in [2.24, 2.45) is 0 Å². The molecule has 3 aromatic rings. The lowest BCUT2D eigenvalue weighted by atomic mass is 9.99. The van der Waals surface area contributed by atoms with Crippen LogP contribution in [0.2, 0.25) is 0 Å². The minimum atomic E-state index is -0.886. The Balaban J connectivity index is 1.92. The largest absolute Gasteiger partial charge is 0.507 e. The van der Waals surface area contributed by atoms with E-state index in [1.54, 1.807) is 36.4 Å². The zero-order valence-electron chi connectivity index (χ0n) is 16.3. The van der Waals surface area contributed by atoms with Gasteiger partial charge in [-0.25, -0.2) is 0 Å². The number of ether oxygens (including phenoxy) is 1. The number of aliphatic hydroxyl groups excluding tert-OH is 1. The first kappa shape index (κ1) is 20.0. The van der Waals surface area contributed by atoms with Crippen LogP contribution in [0.3, 0.4) is 0 Å². The fourth-order valence-corrected chi connectivity index (χ4v) is 4.10. The maximum atomic E-state index is 13.0. The number of aliphatic hydroxyl groups is 1. The van der Waals surface area contributed by atoms with Gasteiger partial charge in [-0.15, -0.1) is 0 Å². The number of hydrogen-bond donors (Lipinski definition) is 1. The molecule has 4 rings (SSSR count). The SMILES string of the molecule is COc1ccc(/C(O)=C2/C(=O)C(=O)N(c3cccc(C)c3)C2c2ccco2)cc1Br. The van der Waals surface area contributed by atoms with Crippen LogP contribution in [-0.4, -0.2) is 23.9 Å². The summed E-state index contributed by atoms with van der Waals surface area (Å²) in [7, 11) is 1.53. The van der Waals surface area contributed by atoms with Gasteiger partial charge in [0.15, 0.2) is 0 Å². The summed E-state index contributed by atoms with van der Waals surface area (Å²) in [5.41, 5.74) is 1.83. The predicted octanol–water partition coefficient (Wildman–Crippen LogP) is 4.99. The quantitative estimate of drug-likeness (QED) is 0.332. The van der Waals surface area contributed by atoms with Crippen LogP contribution in [0, 0.1) is 6.92 Å². The molecule has 0 radical (unpaired) electrons. The fraction of sp³-hybridized carbons (Fsp3) is 0.130. The molecule has 152 valence electrons. The molecule has 30 heavy (non-hydrogen) atoms. The molecule has 6 nitrogen and oxygen atoms in total. The average molecular weight is 468 g/mol. The molecule has 1 N–H and O–H groups in total. The summed E-state index contributed by atoms with van der Waals surface area (Å²) < 4.78 is 11.4. The van der Waals surface area contributed by atoms with Crippen LogP contribution in [-0.2, 0) is 9.59 Å². The Morgan fingerprint density at radius 3 is 2.57 bits per heavy atom. The lowest BCUT2D eigenvalue weighted by Gasteiger charge is -2.23. The van der Waals surface area contributed by atoms with Crippen LogP contribution in [0.15, 0.2) is 75.3 Å². The van der Waals surface area contributed by atoms with E-state index in [-0.39, 0.29) is 11.3 Å². The van der Waals surface area contributed by atoms with Crippen LogP contribution in [0.25, 0.3) is 5.76 Å². The Bertz CT molecular complexity index is 1170. The molecule has 0 aliphatic carbocycles. The Kier molecular flexibility index (Phi) is 5.22. The van der Waals surface area contributed by atoms with Crippen LogP contribution in [0.5, 0.6) is 5.75 Å². The Labute approximate surface area is 181 Å². The number of nitrogens with zero attached hydrogens (tertiary/aromatic N) is 1. The molecule has 1 aliphatic heterocycles. The average Bonchev–Trinajstić information content (AvgIpc) is 3.34. The summed E-state index contributed by atoms with van der Waals surface area (Å²) in [6, 6.07) is 14.7. The second-order valence-corrected chi connectivity index (χ2v) is 7.73. The number of ketones is 1. The number of carbonyl (C=O) groups is 2. The number of aryl methyl sites for hydroxylation is 1. The minimum absolute atomic E-state index is 0.0338. The number of amides is 1. The number of halogens is 1. The van der Waals surface area contributed by atoms with E-state index in [2.05, 4.69) is 15.9 Å². The number of hydrogen-bond acceptors (Lipinski definition) is 5. The van der Waals surface area contributed by atoms with Crippen molar-refractivity contribution in [3.8, 4) is 5.75 Å². The highest BCUT2D eigenvalue weighted by Crippen LogP contribution is 2.43. The summed E-state index contributed by atoms with van der Waals surface area (Å²) in [5.74, 6) is -0.828. The minimum Gasteiger partial charge on any atom is -0.507 e. The van der Waals surface area contributed by atoms with E-state index < -0.39 is 17.7 Å². The Morgan fingerprint density at radius 1 is 1.13 bits per heavy atom. The van der Waals surface area contributed by atoms with Crippen molar-refractivity contribution >= 4 is 39.1 Å². The van der Waals surface area contributed by atoms with Gasteiger partial charge in [-0.1, -0.05) is 12.1 Å². The van der Waals surface area contributed by atoms with E-state index in [4.69, 9.17) is 9.15 Å². The maximum Gasteiger partial charge on any atom is 0.300 e. The van der Waals surface area contributed by atoms with Gasteiger partial charge >= 0.3 is 0 Å². The zero-order chi connectivity index (χ0) is 21.4. The van der Waals surface area contributed by atoms with Crippen molar-refractivity contribution in [1.82, 2.24) is 0 Å². The van der Waals surface area contributed by atoms with E-state index in [1.807, 2.05) is 25.1 Å². The number of furan rings is 1. The van der Waals surface area contributed by atoms with Gasteiger partial charge in [-0.3, -0.25) is 14.5 Å². The molecule has 1 saturated heterocycles. The summed E-state index contributed by atoms with van der Waals surface area (Å²) in [5, 5.41) is 11.1. The lowest BCUT2D eigenvalue weighted by molar-refractivity contribution is -0.132. The molecule has 1 aromatic heterocycles. The van der Waals surface area contributed by atoms with Gasteiger partial charge < -0.3 is 14.3 Å². The standard InChI is InChI=1S/C23H18BrNO5/c1-13-5-3-6-15(11-13)25-20(18-7-4-10-30-18)19(22(27)23(25)28)21(26)14-8-9-17(29-2)16(24)12-14/h3-12,20,26H,1-2H3/b21-19-. The smallest absolute Gasteiger partial charge is 0.300 e. The molecule has 0 spiro atoms. The number of benzene rings is 2. The first-order chi connectivity index (χ1) is 14.4. The molecular formula is C23H18BrNO5. The summed E-state index contributed by atoms with van der Waals surface area (Å²) >= 11 is 3.38. The fourth-order valence-electron chi connectivity index (χ4n) is 3.56. The third-order valence-electron chi connectivity index (χ3n) is 4.96. The third kappa shape index (κ3) is 3.31. The highest BCUT2D eigenvalue weighted by Gasteiger charge is 2.48. The second-order valence-electron chi connectivity index (χ2n) is 6.87. The molecule has 1 atom stereocenters. The van der Waals surface area contributed by atoms with Crippen molar-refractivity contribution in [2.75, 3.05) is 12.0 Å². The van der Waals surface area contributed by atoms with Gasteiger partial charge in [0.25, 0.3) is 11.7 Å². The lowest BCUT2D eigenvalue weighted by Crippen LogP contribution is -2.29. The van der Waals surface area contributed by atoms with Crippen LogP contribution in [0.1, 0.15) is 22.9 Å². The van der Waals surface area contributed by atoms with Gasteiger partial charge in [-0.2, -0.15) is 0 Å². The van der Waals surface area contributed by atoms with Crippen molar-refractivity contribution in [3.63, 3.8) is 0 Å². The van der Waals surface area contributed by atoms with Crippen LogP contribution >= 0.6 is 15.9 Å². The predicted molar refractivity (Wildman–Crippen MR) is 115 cm³/mol. The number of anilines is 1. The molecule has 1 fully saturated rings. The third-order valence-corrected chi connectivity index (χ3v) is 5.58. The molecule has 1 unspecified atom stereocenters. The van der Waals surface area contributed by atoms with E-state index in [0.29, 0.717) is 27.2 Å². The maximum absolute atomic E-state index is 13.0. The summed E-state index contributed by atoms with van der Waals surface area (Å²) in [6.07, 6.45) is 1.47. The van der Waals surface area contributed by atoms with Crippen molar-refractivity contribution < 1.29 is 23.8 Å². The summed E-state index contributed by atoms with van der Waals surface area (Å²) in [4.78, 5) is 27.4. The highest BCUT2D eigenvalue weighted by atomic mass is 79.9.